The van der Waals surface area contributed by atoms with Crippen LogP contribution in [0.15, 0.2) is 0 Å². The molecule has 1 rings (SSSR count). The van der Waals surface area contributed by atoms with E-state index in [1.54, 1.807) is 0 Å². The van der Waals surface area contributed by atoms with Crippen LogP contribution in [0.3, 0.4) is 0 Å². The fourth-order valence-corrected chi connectivity index (χ4v) is 5.03. The maximum Gasteiger partial charge on any atom is 0.152 e. The Bertz CT molecular complexity index is 369. The van der Waals surface area contributed by atoms with E-state index in [-0.39, 0.29) is 10.8 Å². The summed E-state index contributed by atoms with van der Waals surface area (Å²) in [5.41, 5.74) is 5.62. The van der Waals surface area contributed by atoms with Crippen molar-refractivity contribution in [1.82, 2.24) is 4.90 Å². The molecule has 3 atom stereocenters. The second-order valence-electron chi connectivity index (χ2n) is 5.91. The normalized spacial score (nSPS) is 30.9. The molecule has 1 aliphatic rings. The first kappa shape index (κ1) is 15.9. The van der Waals surface area contributed by atoms with Gasteiger partial charge in [0.1, 0.15) is 0 Å². The van der Waals surface area contributed by atoms with Gasteiger partial charge in [-0.3, -0.25) is 4.90 Å². The predicted octanol–water partition coefficient (Wildman–Crippen LogP) is 1.26. The fraction of sp³-hybridized carbons (Fsp3) is 1.00. The van der Waals surface area contributed by atoms with E-state index in [0.717, 1.165) is 32.2 Å². The van der Waals surface area contributed by atoms with Gasteiger partial charge in [-0.1, -0.05) is 26.7 Å². The van der Waals surface area contributed by atoms with Gasteiger partial charge in [0.25, 0.3) is 0 Å². The van der Waals surface area contributed by atoms with Crippen LogP contribution < -0.4 is 5.73 Å². The van der Waals surface area contributed by atoms with Gasteiger partial charge in [-0.25, -0.2) is 8.42 Å². The highest BCUT2D eigenvalue weighted by Gasteiger charge is 2.49. The predicted molar refractivity (Wildman–Crippen MR) is 76.4 cm³/mol. The Morgan fingerprint density at radius 3 is 2.56 bits per heavy atom. The Morgan fingerprint density at radius 2 is 2.11 bits per heavy atom. The van der Waals surface area contributed by atoms with Crippen LogP contribution in [-0.2, 0) is 9.84 Å². The molecule has 18 heavy (non-hydrogen) atoms. The van der Waals surface area contributed by atoms with E-state index in [0.29, 0.717) is 12.5 Å². The highest BCUT2D eigenvalue weighted by molar-refractivity contribution is 7.91. The van der Waals surface area contributed by atoms with Crippen LogP contribution in [0.4, 0.5) is 0 Å². The lowest BCUT2D eigenvalue weighted by atomic mass is 9.93. The summed E-state index contributed by atoms with van der Waals surface area (Å²) >= 11 is 0. The highest BCUT2D eigenvalue weighted by Crippen LogP contribution is 2.38. The van der Waals surface area contributed by atoms with Crippen LogP contribution in [0.25, 0.3) is 0 Å². The topological polar surface area (TPSA) is 63.4 Å². The number of sulfone groups is 1. The quantitative estimate of drug-likeness (QED) is 0.793. The van der Waals surface area contributed by atoms with Crippen molar-refractivity contribution in [2.45, 2.75) is 50.3 Å². The summed E-state index contributed by atoms with van der Waals surface area (Å²) in [6, 6.07) is 0. The van der Waals surface area contributed by atoms with Crippen molar-refractivity contribution in [3.05, 3.63) is 0 Å². The zero-order valence-electron chi connectivity index (χ0n) is 12.1. The van der Waals surface area contributed by atoms with Crippen molar-refractivity contribution in [3.63, 3.8) is 0 Å². The molecule has 1 aliphatic carbocycles. The van der Waals surface area contributed by atoms with Crippen LogP contribution >= 0.6 is 0 Å². The number of rotatable bonds is 6. The third-order valence-electron chi connectivity index (χ3n) is 4.59. The minimum Gasteiger partial charge on any atom is -0.329 e. The van der Waals surface area contributed by atoms with Gasteiger partial charge < -0.3 is 5.73 Å². The van der Waals surface area contributed by atoms with E-state index in [1.165, 1.54) is 6.26 Å². The Balaban J connectivity index is 2.97. The van der Waals surface area contributed by atoms with Crippen molar-refractivity contribution >= 4 is 9.84 Å². The summed E-state index contributed by atoms with van der Waals surface area (Å²) < 4.78 is 24.0. The van der Waals surface area contributed by atoms with Crippen LogP contribution in [-0.4, -0.2) is 50.5 Å². The zero-order valence-corrected chi connectivity index (χ0v) is 13.0. The molecule has 0 spiro atoms. The molecular weight excluding hydrogens is 248 g/mol. The number of hydrogen-bond donors (Lipinski definition) is 1. The number of nitrogens with zero attached hydrogens (tertiary/aromatic N) is 1. The molecule has 0 saturated heterocycles. The van der Waals surface area contributed by atoms with Crippen LogP contribution in [0.1, 0.15) is 39.5 Å². The molecule has 0 aromatic carbocycles. The molecule has 108 valence electrons. The minimum absolute atomic E-state index is 0.302. The first-order valence-corrected chi connectivity index (χ1v) is 8.83. The van der Waals surface area contributed by atoms with E-state index in [9.17, 15) is 8.42 Å². The minimum atomic E-state index is -3.03. The number of nitrogens with two attached hydrogens (primary N) is 1. The molecule has 4 nitrogen and oxygen atoms in total. The molecule has 0 heterocycles. The lowest BCUT2D eigenvalue weighted by Crippen LogP contribution is -2.59. The maximum absolute atomic E-state index is 12.0. The molecular formula is C13H28N2O2S. The third kappa shape index (κ3) is 3.06. The lowest BCUT2D eigenvalue weighted by Gasteiger charge is -2.43. The van der Waals surface area contributed by atoms with Gasteiger partial charge in [-0.2, -0.15) is 0 Å². The number of likely N-dealkylation sites (N-methyl/N-ethyl adjacent to an activating group) is 1. The van der Waals surface area contributed by atoms with Crippen LogP contribution in [0, 0.1) is 5.92 Å². The Hall–Kier alpha value is -0.130. The van der Waals surface area contributed by atoms with Gasteiger partial charge in [-0.15, -0.1) is 0 Å². The van der Waals surface area contributed by atoms with Gasteiger partial charge in [0.05, 0.1) is 5.25 Å². The molecule has 0 amide bonds. The maximum atomic E-state index is 12.0. The molecule has 0 aromatic rings. The van der Waals surface area contributed by atoms with E-state index in [1.807, 2.05) is 7.05 Å². The highest BCUT2D eigenvalue weighted by atomic mass is 32.2. The molecule has 1 saturated carbocycles. The molecule has 2 N–H and O–H groups in total. The van der Waals surface area contributed by atoms with Crippen molar-refractivity contribution < 1.29 is 8.42 Å². The van der Waals surface area contributed by atoms with Crippen molar-refractivity contribution in [3.8, 4) is 0 Å². The van der Waals surface area contributed by atoms with Crippen molar-refractivity contribution in [2.75, 3.05) is 26.4 Å². The summed E-state index contributed by atoms with van der Waals surface area (Å²) in [5, 5.41) is -0.302. The Labute approximate surface area is 112 Å². The first-order valence-electron chi connectivity index (χ1n) is 6.88. The largest absolute Gasteiger partial charge is 0.329 e. The van der Waals surface area contributed by atoms with Gasteiger partial charge >= 0.3 is 0 Å². The number of hydrogen-bond acceptors (Lipinski definition) is 4. The van der Waals surface area contributed by atoms with Crippen molar-refractivity contribution in [2.24, 2.45) is 11.7 Å². The first-order chi connectivity index (χ1) is 8.28. The molecule has 0 bridgehead atoms. The molecule has 3 unspecified atom stereocenters. The second kappa shape index (κ2) is 5.88. The molecule has 0 radical (unpaired) electrons. The lowest BCUT2D eigenvalue weighted by molar-refractivity contribution is 0.115. The molecule has 0 aromatic heterocycles. The van der Waals surface area contributed by atoms with E-state index in [4.69, 9.17) is 5.73 Å². The summed E-state index contributed by atoms with van der Waals surface area (Å²) in [5.74, 6) is 0.569. The smallest absolute Gasteiger partial charge is 0.152 e. The van der Waals surface area contributed by atoms with Gasteiger partial charge in [0.15, 0.2) is 9.84 Å². The molecule has 0 aliphatic heterocycles. The fourth-order valence-electron chi connectivity index (χ4n) is 3.24. The van der Waals surface area contributed by atoms with E-state index in [2.05, 4.69) is 18.7 Å². The summed E-state index contributed by atoms with van der Waals surface area (Å²) in [6.07, 6.45) is 5.06. The SMILES string of the molecule is CCC(C)CN(C)C1(CN)CCCC1S(C)(=O)=O. The van der Waals surface area contributed by atoms with E-state index >= 15 is 0 Å². The van der Waals surface area contributed by atoms with E-state index < -0.39 is 9.84 Å². The van der Waals surface area contributed by atoms with Gasteiger partial charge in [0.2, 0.25) is 0 Å². The Kier molecular flexibility index (Phi) is 5.21. The van der Waals surface area contributed by atoms with Crippen LogP contribution in [0.2, 0.25) is 0 Å². The van der Waals surface area contributed by atoms with Crippen LogP contribution in [0.5, 0.6) is 0 Å². The summed E-state index contributed by atoms with van der Waals surface area (Å²) in [6.45, 7) is 5.71. The average molecular weight is 276 g/mol. The molecule has 5 heteroatoms. The average Bonchev–Trinajstić information content (AvgIpc) is 2.73. The van der Waals surface area contributed by atoms with Gasteiger partial charge in [0, 0.05) is 24.9 Å². The monoisotopic (exact) mass is 276 g/mol. The van der Waals surface area contributed by atoms with Crippen molar-refractivity contribution in [1.29, 1.82) is 0 Å². The standard InChI is InChI=1S/C13H28N2O2S/c1-5-11(2)9-15(3)13(10-14)8-6-7-12(13)18(4,16)17/h11-12H,5-10,14H2,1-4H3. The third-order valence-corrected chi connectivity index (χ3v) is 6.30. The summed E-state index contributed by atoms with van der Waals surface area (Å²) in [4.78, 5) is 2.21. The zero-order chi connectivity index (χ0) is 14.0. The second-order valence-corrected chi connectivity index (χ2v) is 8.14. The summed E-state index contributed by atoms with van der Waals surface area (Å²) in [7, 11) is -1.00. The molecule has 1 fully saturated rings. The Morgan fingerprint density at radius 1 is 1.50 bits per heavy atom. The van der Waals surface area contributed by atoms with Gasteiger partial charge in [-0.05, 0) is 25.8 Å².